The summed E-state index contributed by atoms with van der Waals surface area (Å²) in [5.41, 5.74) is -2.09. The van der Waals surface area contributed by atoms with Crippen molar-refractivity contribution in [3.8, 4) is 11.4 Å². The molecule has 0 aliphatic rings. The summed E-state index contributed by atoms with van der Waals surface area (Å²) in [5, 5.41) is 2.45. The molecule has 3 rings (SSSR count). The maximum atomic E-state index is 13.0. The lowest BCUT2D eigenvalue weighted by molar-refractivity contribution is -0.137. The summed E-state index contributed by atoms with van der Waals surface area (Å²) in [5.74, 6) is -0.647. The topological polar surface area (TPSA) is 90.5 Å². The molecule has 0 atom stereocenters. The molecule has 7 nitrogen and oxygen atoms in total. The molecule has 0 bridgehead atoms. The van der Waals surface area contributed by atoms with Crippen LogP contribution in [0.2, 0.25) is 0 Å². The van der Waals surface area contributed by atoms with Gasteiger partial charge in [0.2, 0.25) is 11.2 Å². The van der Waals surface area contributed by atoms with Crippen LogP contribution < -0.4 is 21.0 Å². The number of amides is 1. The molecule has 1 N–H and O–H groups in total. The Morgan fingerprint density at radius 1 is 1.16 bits per heavy atom. The molecular formula is C21H17F3N2O5. The maximum Gasteiger partial charge on any atom is 0.416 e. The molecular weight excluding hydrogens is 417 g/mol. The van der Waals surface area contributed by atoms with E-state index in [1.54, 1.807) is 0 Å². The Balaban J connectivity index is 1.90. The first kappa shape index (κ1) is 21.9. The van der Waals surface area contributed by atoms with Crippen molar-refractivity contribution in [2.45, 2.75) is 19.6 Å². The Kier molecular flexibility index (Phi) is 6.00. The van der Waals surface area contributed by atoms with E-state index in [9.17, 15) is 27.6 Å². The number of halogens is 3. The molecule has 2 aromatic heterocycles. The van der Waals surface area contributed by atoms with Crippen molar-refractivity contribution in [2.75, 3.05) is 7.11 Å². The molecule has 0 spiro atoms. The number of nitrogens with one attached hydrogen (secondary N) is 1. The average molecular weight is 434 g/mol. The summed E-state index contributed by atoms with van der Waals surface area (Å²) in [6.45, 7) is 1.35. The molecule has 162 valence electrons. The number of carbonyl (C=O) groups is 1. The number of pyridine rings is 1. The Morgan fingerprint density at radius 2 is 1.90 bits per heavy atom. The highest BCUT2D eigenvalue weighted by Gasteiger charge is 2.30. The van der Waals surface area contributed by atoms with Crippen LogP contribution in [0.5, 0.6) is 5.75 Å². The Morgan fingerprint density at radius 3 is 2.55 bits per heavy atom. The van der Waals surface area contributed by atoms with Crippen molar-refractivity contribution in [3.63, 3.8) is 0 Å². The fraction of sp³-hybridized carbons (Fsp3) is 0.190. The lowest BCUT2D eigenvalue weighted by atomic mass is 10.1. The molecule has 0 aliphatic heterocycles. The smallest absolute Gasteiger partial charge is 0.416 e. The molecule has 0 radical (unpaired) electrons. The summed E-state index contributed by atoms with van der Waals surface area (Å²) in [4.78, 5) is 37.1. The molecule has 0 fully saturated rings. The first-order chi connectivity index (χ1) is 14.6. The van der Waals surface area contributed by atoms with Crippen LogP contribution in [0.4, 0.5) is 13.2 Å². The molecule has 1 amide bonds. The van der Waals surface area contributed by atoms with E-state index in [0.717, 1.165) is 29.0 Å². The number of carbonyl (C=O) groups excluding carboxylic acids is 1. The predicted molar refractivity (Wildman–Crippen MR) is 104 cm³/mol. The van der Waals surface area contributed by atoms with E-state index in [4.69, 9.17) is 9.15 Å². The normalized spacial score (nSPS) is 11.3. The Bertz CT molecular complexity index is 1240. The summed E-state index contributed by atoms with van der Waals surface area (Å²) in [7, 11) is 1.31. The third kappa shape index (κ3) is 4.68. The first-order valence-corrected chi connectivity index (χ1v) is 8.96. The highest BCUT2D eigenvalue weighted by molar-refractivity contribution is 5.93. The molecule has 10 heteroatoms. The molecule has 3 aromatic rings. The van der Waals surface area contributed by atoms with E-state index in [-0.39, 0.29) is 29.3 Å². The molecule has 1 aromatic carbocycles. The van der Waals surface area contributed by atoms with Gasteiger partial charge in [-0.25, -0.2) is 0 Å². The molecule has 31 heavy (non-hydrogen) atoms. The summed E-state index contributed by atoms with van der Waals surface area (Å²) in [6, 6.07) is 8.12. The third-order valence-electron chi connectivity index (χ3n) is 4.45. The second-order valence-corrected chi connectivity index (χ2v) is 6.54. The van der Waals surface area contributed by atoms with Gasteiger partial charge in [0.05, 0.1) is 19.2 Å². The van der Waals surface area contributed by atoms with Gasteiger partial charge < -0.3 is 14.5 Å². The van der Waals surface area contributed by atoms with Crippen LogP contribution in [0.1, 0.15) is 27.4 Å². The van der Waals surface area contributed by atoms with Crippen LogP contribution in [-0.4, -0.2) is 17.6 Å². The monoisotopic (exact) mass is 434 g/mol. The minimum atomic E-state index is -4.58. The zero-order valence-corrected chi connectivity index (χ0v) is 16.4. The molecule has 0 aliphatic carbocycles. The van der Waals surface area contributed by atoms with Gasteiger partial charge in [-0.2, -0.15) is 13.2 Å². The minimum absolute atomic E-state index is 0.00224. The number of hydrogen-bond donors (Lipinski definition) is 1. The second kappa shape index (κ2) is 8.50. The standard InChI is InChI=1S/C21H17F3N2O5/c1-12-6-7-16(19(28)25-10-15-9-17(27)18(30-2)11-31-15)20(29)26(12)14-5-3-4-13(8-14)21(22,23)24/h3-9,11H,10H2,1-2H3,(H,25,28). The summed E-state index contributed by atoms with van der Waals surface area (Å²) < 4.78 is 50.1. The van der Waals surface area contributed by atoms with E-state index in [1.165, 1.54) is 38.3 Å². The van der Waals surface area contributed by atoms with Crippen molar-refractivity contribution < 1.29 is 27.1 Å². The van der Waals surface area contributed by atoms with E-state index in [1.807, 2.05) is 0 Å². The fourth-order valence-electron chi connectivity index (χ4n) is 2.89. The SMILES string of the molecule is COc1coc(CNC(=O)c2ccc(C)n(-c3cccc(C(F)(F)F)c3)c2=O)cc1=O. The van der Waals surface area contributed by atoms with Crippen LogP contribution in [0, 0.1) is 6.92 Å². The van der Waals surface area contributed by atoms with Gasteiger partial charge in [0, 0.05) is 17.4 Å². The lowest BCUT2D eigenvalue weighted by Crippen LogP contribution is -2.33. The largest absolute Gasteiger partial charge is 0.490 e. The highest BCUT2D eigenvalue weighted by atomic mass is 19.4. The molecule has 0 unspecified atom stereocenters. The Labute approximate surface area is 173 Å². The van der Waals surface area contributed by atoms with E-state index in [0.29, 0.717) is 5.69 Å². The average Bonchev–Trinajstić information content (AvgIpc) is 2.72. The molecule has 0 saturated carbocycles. The molecule has 2 heterocycles. The van der Waals surface area contributed by atoms with Crippen LogP contribution in [0.15, 0.2) is 62.7 Å². The van der Waals surface area contributed by atoms with Gasteiger partial charge in [-0.05, 0) is 37.3 Å². The number of aryl methyl sites for hydroxylation is 1. The summed E-state index contributed by atoms with van der Waals surface area (Å²) in [6.07, 6.45) is -3.49. The lowest BCUT2D eigenvalue weighted by Gasteiger charge is -2.14. The van der Waals surface area contributed by atoms with Crippen LogP contribution in [-0.2, 0) is 12.7 Å². The van der Waals surface area contributed by atoms with Gasteiger partial charge in [-0.3, -0.25) is 19.0 Å². The van der Waals surface area contributed by atoms with E-state index >= 15 is 0 Å². The molecule has 0 saturated heterocycles. The maximum absolute atomic E-state index is 13.0. The van der Waals surface area contributed by atoms with Gasteiger partial charge in [-0.1, -0.05) is 6.07 Å². The number of nitrogens with zero attached hydrogens (tertiary/aromatic N) is 1. The highest BCUT2D eigenvalue weighted by Crippen LogP contribution is 2.30. The van der Waals surface area contributed by atoms with Crippen molar-refractivity contribution in [1.29, 1.82) is 0 Å². The van der Waals surface area contributed by atoms with Crippen LogP contribution >= 0.6 is 0 Å². The van der Waals surface area contributed by atoms with Crippen molar-refractivity contribution in [1.82, 2.24) is 9.88 Å². The van der Waals surface area contributed by atoms with Crippen molar-refractivity contribution >= 4 is 5.91 Å². The minimum Gasteiger partial charge on any atom is -0.490 e. The number of methoxy groups -OCH3 is 1. The third-order valence-corrected chi connectivity index (χ3v) is 4.45. The number of alkyl halides is 3. The van der Waals surface area contributed by atoms with Gasteiger partial charge in [0.1, 0.15) is 17.6 Å². The summed E-state index contributed by atoms with van der Waals surface area (Å²) >= 11 is 0. The number of ether oxygens (including phenoxy) is 1. The second-order valence-electron chi connectivity index (χ2n) is 6.54. The first-order valence-electron chi connectivity index (χ1n) is 8.96. The zero-order valence-electron chi connectivity index (χ0n) is 16.4. The number of aromatic nitrogens is 1. The number of rotatable bonds is 5. The fourth-order valence-corrected chi connectivity index (χ4v) is 2.89. The van der Waals surface area contributed by atoms with Gasteiger partial charge >= 0.3 is 6.18 Å². The van der Waals surface area contributed by atoms with Crippen molar-refractivity contribution in [3.05, 3.63) is 91.9 Å². The number of benzene rings is 1. The van der Waals surface area contributed by atoms with Crippen molar-refractivity contribution in [2.24, 2.45) is 0 Å². The van der Waals surface area contributed by atoms with Crippen LogP contribution in [0.3, 0.4) is 0 Å². The van der Waals surface area contributed by atoms with Gasteiger partial charge in [0.25, 0.3) is 11.5 Å². The van der Waals surface area contributed by atoms with Gasteiger partial charge in [0.15, 0.2) is 0 Å². The van der Waals surface area contributed by atoms with Gasteiger partial charge in [-0.15, -0.1) is 0 Å². The quantitative estimate of drug-likeness (QED) is 0.667. The predicted octanol–water partition coefficient (Wildman–Crippen LogP) is 3.06. The van der Waals surface area contributed by atoms with E-state index < -0.39 is 28.6 Å². The number of hydrogen-bond acceptors (Lipinski definition) is 5. The van der Waals surface area contributed by atoms with E-state index in [2.05, 4.69) is 5.32 Å². The van der Waals surface area contributed by atoms with Crippen LogP contribution in [0.25, 0.3) is 5.69 Å². The Hall–Kier alpha value is -3.82. The zero-order chi connectivity index (χ0) is 22.8.